The van der Waals surface area contributed by atoms with Crippen molar-refractivity contribution in [3.63, 3.8) is 0 Å². The average Bonchev–Trinajstić information content (AvgIpc) is 2.34. The van der Waals surface area contributed by atoms with Gasteiger partial charge in [0.2, 0.25) is 0 Å². The fourth-order valence-corrected chi connectivity index (χ4v) is 1.65. The van der Waals surface area contributed by atoms with E-state index < -0.39 is 54.0 Å². The summed E-state index contributed by atoms with van der Waals surface area (Å²) in [5.41, 5.74) is -0.747. The lowest BCUT2D eigenvalue weighted by Gasteiger charge is -2.15. The van der Waals surface area contributed by atoms with E-state index >= 15 is 0 Å². The minimum absolute atomic E-state index is 0.0640. The molecule has 0 bridgehead atoms. The van der Waals surface area contributed by atoms with E-state index in [0.717, 1.165) is 0 Å². The first-order chi connectivity index (χ1) is 10.1. The lowest BCUT2D eigenvalue weighted by Crippen LogP contribution is -2.21. The van der Waals surface area contributed by atoms with Gasteiger partial charge in [0.15, 0.2) is 6.61 Å². The van der Waals surface area contributed by atoms with Crippen molar-refractivity contribution >= 4 is 5.97 Å². The van der Waals surface area contributed by atoms with E-state index in [2.05, 4.69) is 9.47 Å². The Kier molecular flexibility index (Phi) is 6.16. The highest BCUT2D eigenvalue weighted by Crippen LogP contribution is 2.28. The number of alkyl halides is 2. The maximum atomic E-state index is 13.8. The molecule has 0 aliphatic carbocycles. The summed E-state index contributed by atoms with van der Waals surface area (Å²) in [5, 5.41) is 9.69. The topological polar surface area (TPSA) is 55.8 Å². The monoisotopic (exact) mass is 324 g/mol. The SMILES string of the molecule is CCOC(=O)CC(O)c1c(F)cc(OCC(C)(F)F)cc1F. The number of halogens is 4. The van der Waals surface area contributed by atoms with Crippen LogP contribution >= 0.6 is 0 Å². The van der Waals surface area contributed by atoms with Crippen molar-refractivity contribution in [3.8, 4) is 5.75 Å². The Labute approximate surface area is 124 Å². The van der Waals surface area contributed by atoms with Gasteiger partial charge in [0.1, 0.15) is 17.4 Å². The largest absolute Gasteiger partial charge is 0.487 e. The van der Waals surface area contributed by atoms with E-state index in [1.54, 1.807) is 6.92 Å². The lowest BCUT2D eigenvalue weighted by molar-refractivity contribution is -0.145. The number of ether oxygens (including phenoxy) is 2. The second kappa shape index (κ2) is 7.44. The van der Waals surface area contributed by atoms with Crippen LogP contribution in [0.1, 0.15) is 31.9 Å². The van der Waals surface area contributed by atoms with Gasteiger partial charge >= 0.3 is 5.97 Å². The van der Waals surface area contributed by atoms with Crippen LogP contribution in [0.25, 0.3) is 0 Å². The van der Waals surface area contributed by atoms with Gasteiger partial charge in [0.25, 0.3) is 5.92 Å². The molecule has 0 radical (unpaired) electrons. The minimum atomic E-state index is -3.16. The number of aliphatic hydroxyl groups excluding tert-OH is 1. The van der Waals surface area contributed by atoms with Crippen molar-refractivity contribution in [2.75, 3.05) is 13.2 Å². The van der Waals surface area contributed by atoms with Gasteiger partial charge in [-0.1, -0.05) is 0 Å². The smallest absolute Gasteiger partial charge is 0.308 e. The van der Waals surface area contributed by atoms with Gasteiger partial charge in [0, 0.05) is 19.1 Å². The summed E-state index contributed by atoms with van der Waals surface area (Å²) in [7, 11) is 0. The Bertz CT molecular complexity index is 505. The van der Waals surface area contributed by atoms with Crippen LogP contribution in [-0.4, -0.2) is 30.2 Å². The third kappa shape index (κ3) is 5.51. The van der Waals surface area contributed by atoms with Crippen LogP contribution in [0.5, 0.6) is 5.75 Å². The van der Waals surface area contributed by atoms with E-state index in [1.807, 2.05) is 0 Å². The second-order valence-electron chi connectivity index (χ2n) is 4.68. The van der Waals surface area contributed by atoms with Gasteiger partial charge in [0.05, 0.1) is 24.7 Å². The quantitative estimate of drug-likeness (QED) is 0.619. The number of hydrogen-bond acceptors (Lipinski definition) is 4. The van der Waals surface area contributed by atoms with Gasteiger partial charge in [-0.15, -0.1) is 0 Å². The Hall–Kier alpha value is -1.83. The molecular formula is C14H16F4O4. The van der Waals surface area contributed by atoms with E-state index in [1.165, 1.54) is 0 Å². The standard InChI is InChI=1S/C14H16F4O4/c1-3-21-12(20)6-11(19)13-9(15)4-8(5-10(13)16)22-7-14(2,17)18/h4-5,11,19H,3,6-7H2,1-2H3. The van der Waals surface area contributed by atoms with E-state index in [0.29, 0.717) is 19.1 Å². The van der Waals surface area contributed by atoms with E-state index in [9.17, 15) is 27.5 Å². The summed E-state index contributed by atoms with van der Waals surface area (Å²) in [5.74, 6) is -6.82. The van der Waals surface area contributed by atoms with Gasteiger partial charge in [-0.25, -0.2) is 17.6 Å². The summed E-state index contributed by atoms with van der Waals surface area (Å²) in [6.07, 6.45) is -2.38. The molecule has 0 spiro atoms. The predicted molar refractivity (Wildman–Crippen MR) is 68.7 cm³/mol. The normalized spacial score (nSPS) is 12.9. The van der Waals surface area contributed by atoms with Gasteiger partial charge in [-0.2, -0.15) is 0 Å². The molecule has 1 aromatic carbocycles. The minimum Gasteiger partial charge on any atom is -0.487 e. The van der Waals surface area contributed by atoms with Crippen LogP contribution in [0.2, 0.25) is 0 Å². The molecule has 1 rings (SSSR count). The van der Waals surface area contributed by atoms with Crippen molar-refractivity contribution in [1.29, 1.82) is 0 Å². The molecular weight excluding hydrogens is 308 g/mol. The first kappa shape index (κ1) is 18.2. The number of benzene rings is 1. The molecule has 0 aliphatic rings. The zero-order chi connectivity index (χ0) is 16.9. The first-order valence-corrected chi connectivity index (χ1v) is 6.47. The highest BCUT2D eigenvalue weighted by molar-refractivity contribution is 5.70. The van der Waals surface area contributed by atoms with Crippen LogP contribution in [0.15, 0.2) is 12.1 Å². The van der Waals surface area contributed by atoms with Gasteiger partial charge < -0.3 is 14.6 Å². The van der Waals surface area contributed by atoms with Gasteiger partial charge in [-0.05, 0) is 6.92 Å². The summed E-state index contributed by atoms with van der Waals surface area (Å²) in [6, 6.07) is 1.33. The third-order valence-electron chi connectivity index (χ3n) is 2.54. The number of esters is 1. The van der Waals surface area contributed by atoms with Crippen LogP contribution in [0.3, 0.4) is 0 Å². The van der Waals surface area contributed by atoms with Crippen molar-refractivity contribution in [2.24, 2.45) is 0 Å². The van der Waals surface area contributed by atoms with E-state index in [4.69, 9.17) is 0 Å². The number of aliphatic hydroxyl groups is 1. The molecule has 0 saturated heterocycles. The molecule has 0 saturated carbocycles. The highest BCUT2D eigenvalue weighted by atomic mass is 19.3. The Morgan fingerprint density at radius 1 is 1.32 bits per heavy atom. The summed E-state index contributed by atoms with van der Waals surface area (Å²) in [4.78, 5) is 11.2. The molecule has 1 unspecified atom stereocenters. The summed E-state index contributed by atoms with van der Waals surface area (Å²) >= 11 is 0. The van der Waals surface area contributed by atoms with Crippen molar-refractivity contribution in [1.82, 2.24) is 0 Å². The van der Waals surface area contributed by atoms with Crippen molar-refractivity contribution in [3.05, 3.63) is 29.3 Å². The third-order valence-corrected chi connectivity index (χ3v) is 2.54. The number of rotatable bonds is 7. The average molecular weight is 324 g/mol. The van der Waals surface area contributed by atoms with Gasteiger partial charge in [-0.3, -0.25) is 4.79 Å². The second-order valence-corrected chi connectivity index (χ2v) is 4.68. The number of hydrogen-bond donors (Lipinski definition) is 1. The Balaban J connectivity index is 2.87. The summed E-state index contributed by atoms with van der Waals surface area (Å²) < 4.78 is 62.0. The number of carbonyl (C=O) groups is 1. The fraction of sp³-hybridized carbons (Fsp3) is 0.500. The lowest BCUT2D eigenvalue weighted by atomic mass is 10.0. The van der Waals surface area contributed by atoms with Crippen LogP contribution < -0.4 is 4.74 Å². The van der Waals surface area contributed by atoms with E-state index in [-0.39, 0.29) is 6.61 Å². The molecule has 124 valence electrons. The molecule has 0 amide bonds. The fourth-order valence-electron chi connectivity index (χ4n) is 1.65. The molecule has 4 nitrogen and oxygen atoms in total. The first-order valence-electron chi connectivity index (χ1n) is 6.47. The Morgan fingerprint density at radius 3 is 2.32 bits per heavy atom. The Morgan fingerprint density at radius 2 is 1.86 bits per heavy atom. The van der Waals surface area contributed by atoms with Crippen molar-refractivity contribution < 1.29 is 36.9 Å². The zero-order valence-corrected chi connectivity index (χ0v) is 12.0. The maximum Gasteiger partial charge on any atom is 0.308 e. The number of carbonyl (C=O) groups excluding carboxylic acids is 1. The van der Waals surface area contributed by atoms with Crippen molar-refractivity contribution in [2.45, 2.75) is 32.3 Å². The molecule has 0 fully saturated rings. The summed E-state index contributed by atoms with van der Waals surface area (Å²) in [6.45, 7) is 1.16. The van der Waals surface area contributed by atoms with Crippen LogP contribution in [0.4, 0.5) is 17.6 Å². The highest BCUT2D eigenvalue weighted by Gasteiger charge is 2.25. The molecule has 0 aromatic heterocycles. The molecule has 0 heterocycles. The molecule has 1 atom stereocenters. The van der Waals surface area contributed by atoms with Crippen LogP contribution in [0, 0.1) is 11.6 Å². The van der Waals surface area contributed by atoms with Crippen LogP contribution in [-0.2, 0) is 9.53 Å². The molecule has 22 heavy (non-hydrogen) atoms. The maximum absolute atomic E-state index is 13.8. The molecule has 1 aromatic rings. The molecule has 1 N–H and O–H groups in total. The predicted octanol–water partition coefficient (Wildman–Crippen LogP) is 2.99. The molecule has 0 aliphatic heterocycles. The molecule has 8 heteroatoms. The zero-order valence-electron chi connectivity index (χ0n) is 12.0.